The Labute approximate surface area is 161 Å². The molecular weight excluding hydrogens is 338 g/mol. The van der Waals surface area contributed by atoms with E-state index in [0.717, 1.165) is 50.1 Å². The summed E-state index contributed by atoms with van der Waals surface area (Å²) in [6, 6.07) is 17.8. The van der Waals surface area contributed by atoms with Gasteiger partial charge in [0.25, 0.3) is 0 Å². The van der Waals surface area contributed by atoms with Gasteiger partial charge in [0, 0.05) is 37.8 Å². The van der Waals surface area contributed by atoms with Gasteiger partial charge in [0.1, 0.15) is 5.69 Å². The van der Waals surface area contributed by atoms with Crippen molar-refractivity contribution in [1.29, 1.82) is 0 Å². The highest BCUT2D eigenvalue weighted by atomic mass is 16.3. The van der Waals surface area contributed by atoms with Crippen LogP contribution in [0.1, 0.15) is 31.7 Å². The minimum Gasteiger partial charge on any atom is -0.309 e. The minimum atomic E-state index is 0.192. The molecule has 0 aromatic heterocycles. The molecule has 0 N–H and O–H groups in total. The Kier molecular flexibility index (Phi) is 6.71. The molecule has 3 rings (SSSR count). The van der Waals surface area contributed by atoms with Gasteiger partial charge in [-0.25, -0.2) is 0 Å². The number of hydrogen-bond donors (Lipinski definition) is 0. The number of carbonyl (C=O) groups is 1. The molecule has 5 heteroatoms. The summed E-state index contributed by atoms with van der Waals surface area (Å²) in [7, 11) is 0. The minimum absolute atomic E-state index is 0.192. The van der Waals surface area contributed by atoms with Crippen LogP contribution in [0.3, 0.4) is 0 Å². The molecule has 142 valence electrons. The van der Waals surface area contributed by atoms with Crippen LogP contribution in [-0.4, -0.2) is 36.5 Å². The van der Waals surface area contributed by atoms with Crippen LogP contribution in [0.15, 0.2) is 59.8 Å². The van der Waals surface area contributed by atoms with Gasteiger partial charge in [-0.15, -0.1) is 4.91 Å². The molecule has 1 heterocycles. The van der Waals surface area contributed by atoms with E-state index < -0.39 is 0 Å². The lowest BCUT2D eigenvalue weighted by molar-refractivity contribution is -0.119. The van der Waals surface area contributed by atoms with Crippen molar-refractivity contribution in [3.63, 3.8) is 0 Å². The van der Waals surface area contributed by atoms with Gasteiger partial charge in [-0.3, -0.25) is 4.79 Å². The zero-order valence-electron chi connectivity index (χ0n) is 15.9. The number of rotatable bonds is 7. The van der Waals surface area contributed by atoms with Crippen LogP contribution in [-0.2, 0) is 11.2 Å². The molecule has 2 aromatic carbocycles. The Morgan fingerprint density at radius 3 is 2.52 bits per heavy atom. The molecule has 5 nitrogen and oxygen atoms in total. The average Bonchev–Trinajstić information content (AvgIpc) is 2.74. The fourth-order valence-corrected chi connectivity index (χ4v) is 3.77. The summed E-state index contributed by atoms with van der Waals surface area (Å²) < 4.78 is 0. The van der Waals surface area contributed by atoms with Crippen LogP contribution in [0, 0.1) is 4.91 Å². The fraction of sp³-hybridized carbons (Fsp3) is 0.409. The third-order valence-corrected chi connectivity index (χ3v) is 5.26. The second-order valence-corrected chi connectivity index (χ2v) is 7.04. The Morgan fingerprint density at radius 1 is 1.11 bits per heavy atom. The summed E-state index contributed by atoms with van der Waals surface area (Å²) in [6.45, 7) is 4.85. The third kappa shape index (κ3) is 5.01. The van der Waals surface area contributed by atoms with E-state index in [1.807, 2.05) is 60.4 Å². The highest BCUT2D eigenvalue weighted by molar-refractivity contribution is 5.93. The van der Waals surface area contributed by atoms with E-state index in [1.165, 1.54) is 0 Å². The van der Waals surface area contributed by atoms with E-state index >= 15 is 0 Å². The Bertz CT molecular complexity index is 755. The third-order valence-electron chi connectivity index (χ3n) is 5.26. The van der Waals surface area contributed by atoms with Gasteiger partial charge in [-0.2, -0.15) is 0 Å². The topological polar surface area (TPSA) is 53.0 Å². The molecule has 1 amide bonds. The Hall–Kier alpha value is -2.53. The summed E-state index contributed by atoms with van der Waals surface area (Å²) in [5.74, 6) is 0.192. The van der Waals surface area contributed by atoms with Gasteiger partial charge in [0.05, 0.1) is 0 Å². The van der Waals surface area contributed by atoms with Crippen LogP contribution in [0.5, 0.6) is 0 Å². The van der Waals surface area contributed by atoms with Gasteiger partial charge in [-0.1, -0.05) is 37.3 Å². The number of carbonyl (C=O) groups excluding carboxylic acids is 1. The van der Waals surface area contributed by atoms with Crippen LogP contribution in [0.25, 0.3) is 0 Å². The van der Waals surface area contributed by atoms with Gasteiger partial charge in [0.2, 0.25) is 5.91 Å². The lowest BCUT2D eigenvalue weighted by atomic mass is 10.0. The van der Waals surface area contributed by atoms with E-state index in [2.05, 4.69) is 10.1 Å². The number of amides is 1. The zero-order valence-corrected chi connectivity index (χ0v) is 15.9. The van der Waals surface area contributed by atoms with Crippen molar-refractivity contribution in [1.82, 2.24) is 4.90 Å². The molecule has 0 saturated carbocycles. The lowest BCUT2D eigenvalue weighted by Crippen LogP contribution is -2.47. The summed E-state index contributed by atoms with van der Waals surface area (Å²) in [6.07, 6.45) is 3.40. The first kappa shape index (κ1) is 19.2. The van der Waals surface area contributed by atoms with Crippen LogP contribution < -0.4 is 4.90 Å². The smallest absolute Gasteiger partial charge is 0.226 e. The highest BCUT2D eigenvalue weighted by Crippen LogP contribution is 2.25. The van der Waals surface area contributed by atoms with Crippen molar-refractivity contribution in [2.75, 3.05) is 24.5 Å². The van der Waals surface area contributed by atoms with Crippen molar-refractivity contribution in [3.05, 3.63) is 65.1 Å². The number of piperidine rings is 1. The number of hydrogen-bond acceptors (Lipinski definition) is 4. The van der Waals surface area contributed by atoms with Gasteiger partial charge in [-0.05, 0) is 54.3 Å². The SMILES string of the molecule is CCC(=O)N(c1ccccc1)C1CCN(CCc2cccc(N=O)c2)CC1. The number of likely N-dealkylation sites (tertiary alicyclic amines) is 1. The second kappa shape index (κ2) is 9.42. The maximum Gasteiger partial charge on any atom is 0.226 e. The maximum absolute atomic E-state index is 12.5. The van der Waals surface area contributed by atoms with Crippen molar-refractivity contribution < 1.29 is 4.79 Å². The van der Waals surface area contributed by atoms with Crippen molar-refractivity contribution in [2.45, 2.75) is 38.6 Å². The molecule has 1 aliphatic heterocycles. The zero-order chi connectivity index (χ0) is 19.1. The highest BCUT2D eigenvalue weighted by Gasteiger charge is 2.28. The molecule has 0 spiro atoms. The average molecular weight is 365 g/mol. The molecule has 27 heavy (non-hydrogen) atoms. The molecule has 0 radical (unpaired) electrons. The predicted molar refractivity (Wildman–Crippen MR) is 109 cm³/mol. The molecule has 1 saturated heterocycles. The largest absolute Gasteiger partial charge is 0.309 e. The number of nitroso groups, excluding NO2 is 1. The molecule has 0 bridgehead atoms. The fourth-order valence-electron chi connectivity index (χ4n) is 3.77. The molecule has 0 atom stereocenters. The predicted octanol–water partition coefficient (Wildman–Crippen LogP) is 4.53. The van der Waals surface area contributed by atoms with Crippen molar-refractivity contribution in [2.24, 2.45) is 5.18 Å². The van der Waals surface area contributed by atoms with Gasteiger partial charge >= 0.3 is 0 Å². The van der Waals surface area contributed by atoms with Crippen LogP contribution in [0.4, 0.5) is 11.4 Å². The number of nitrogens with zero attached hydrogens (tertiary/aromatic N) is 3. The molecule has 1 fully saturated rings. The first-order valence-electron chi connectivity index (χ1n) is 9.73. The van der Waals surface area contributed by atoms with Crippen molar-refractivity contribution >= 4 is 17.3 Å². The van der Waals surface area contributed by atoms with E-state index in [1.54, 1.807) is 6.07 Å². The maximum atomic E-state index is 12.5. The number of benzene rings is 2. The monoisotopic (exact) mass is 365 g/mol. The van der Waals surface area contributed by atoms with Crippen molar-refractivity contribution in [3.8, 4) is 0 Å². The van der Waals surface area contributed by atoms with Crippen LogP contribution >= 0.6 is 0 Å². The number of para-hydroxylation sites is 1. The van der Waals surface area contributed by atoms with Gasteiger partial charge in [0.15, 0.2) is 0 Å². The molecular formula is C22H27N3O2. The van der Waals surface area contributed by atoms with E-state index in [4.69, 9.17) is 0 Å². The van der Waals surface area contributed by atoms with Gasteiger partial charge < -0.3 is 9.80 Å². The van der Waals surface area contributed by atoms with E-state index in [9.17, 15) is 9.70 Å². The van der Waals surface area contributed by atoms with Crippen LogP contribution in [0.2, 0.25) is 0 Å². The lowest BCUT2D eigenvalue weighted by Gasteiger charge is -2.38. The molecule has 0 aliphatic carbocycles. The molecule has 2 aromatic rings. The molecule has 1 aliphatic rings. The Balaban J connectivity index is 1.56. The standard InChI is InChI=1S/C22H27N3O2/c1-2-22(26)25(20-9-4-3-5-10-20)21-12-15-24(16-13-21)14-11-18-7-6-8-19(17-18)23-27/h3-10,17,21H,2,11-16H2,1H3. The Morgan fingerprint density at radius 2 is 1.85 bits per heavy atom. The number of anilines is 1. The summed E-state index contributed by atoms with van der Waals surface area (Å²) in [5.41, 5.74) is 2.63. The first-order chi connectivity index (χ1) is 13.2. The van der Waals surface area contributed by atoms with E-state index in [-0.39, 0.29) is 11.9 Å². The normalized spacial score (nSPS) is 15.4. The summed E-state index contributed by atoms with van der Waals surface area (Å²) >= 11 is 0. The molecule has 0 unspecified atom stereocenters. The first-order valence-corrected chi connectivity index (χ1v) is 9.73. The van der Waals surface area contributed by atoms with E-state index in [0.29, 0.717) is 12.1 Å². The summed E-state index contributed by atoms with van der Waals surface area (Å²) in [4.78, 5) is 27.6. The second-order valence-electron chi connectivity index (χ2n) is 7.04. The quantitative estimate of drug-likeness (QED) is 0.677. The summed E-state index contributed by atoms with van der Waals surface area (Å²) in [5, 5.41) is 3.01.